The number of nitro groups is 1. The number of anilines is 1. The predicted molar refractivity (Wildman–Crippen MR) is 72.6 cm³/mol. The fraction of sp³-hybridized carbons (Fsp3) is 0.455. The van der Waals surface area contributed by atoms with Gasteiger partial charge in [0, 0.05) is 12.7 Å². The van der Waals surface area contributed by atoms with Gasteiger partial charge < -0.3 is 14.4 Å². The Hall–Kier alpha value is -1.74. The zero-order valence-electron chi connectivity index (χ0n) is 10.6. The van der Waals surface area contributed by atoms with Gasteiger partial charge >= 0.3 is 11.7 Å². The number of hydrogen-bond acceptors (Lipinski definition) is 7. The van der Waals surface area contributed by atoms with Crippen molar-refractivity contribution in [3.63, 3.8) is 0 Å². The number of morpholine rings is 1. The third-order valence-electron chi connectivity index (χ3n) is 2.90. The molecule has 1 fully saturated rings. The highest BCUT2D eigenvalue weighted by Crippen LogP contribution is 2.35. The molecule has 1 saturated heterocycles. The summed E-state index contributed by atoms with van der Waals surface area (Å²) in [6.07, 6.45) is 1.90. The van der Waals surface area contributed by atoms with Crippen molar-refractivity contribution in [2.75, 3.05) is 31.7 Å². The smallest absolute Gasteiger partial charge is 0.336 e. The number of esters is 1. The van der Waals surface area contributed by atoms with E-state index < -0.39 is 17.0 Å². The highest BCUT2D eigenvalue weighted by atomic mass is 79.9. The van der Waals surface area contributed by atoms with Crippen molar-refractivity contribution in [3.8, 4) is 0 Å². The van der Waals surface area contributed by atoms with E-state index in [0.717, 1.165) is 0 Å². The standard InChI is InChI=1S/C11H12BrN3O5/c1-19-11(16)9-6-14(2-3-20-9)10-7(12)4-13-5-8(10)15(17)18/h4-5,9H,2-3,6H2,1H3. The van der Waals surface area contributed by atoms with Gasteiger partial charge in [0.2, 0.25) is 0 Å². The molecule has 1 aromatic heterocycles. The maximum Gasteiger partial charge on any atom is 0.336 e. The average Bonchev–Trinajstić information content (AvgIpc) is 2.46. The van der Waals surface area contributed by atoms with E-state index in [1.807, 2.05) is 0 Å². The van der Waals surface area contributed by atoms with E-state index in [2.05, 4.69) is 25.7 Å². The van der Waals surface area contributed by atoms with Gasteiger partial charge in [0.25, 0.3) is 0 Å². The molecule has 0 bridgehead atoms. The number of nitrogens with zero attached hydrogens (tertiary/aromatic N) is 3. The molecule has 20 heavy (non-hydrogen) atoms. The molecule has 0 aromatic carbocycles. The van der Waals surface area contributed by atoms with Crippen LogP contribution in [0.2, 0.25) is 0 Å². The van der Waals surface area contributed by atoms with Gasteiger partial charge in [-0.2, -0.15) is 0 Å². The molecule has 0 saturated carbocycles. The fourth-order valence-electron chi connectivity index (χ4n) is 1.99. The van der Waals surface area contributed by atoms with Gasteiger partial charge in [0.15, 0.2) is 6.10 Å². The van der Waals surface area contributed by atoms with Crippen molar-refractivity contribution >= 4 is 33.3 Å². The summed E-state index contributed by atoms with van der Waals surface area (Å²) in [5, 5.41) is 11.1. The second-order valence-electron chi connectivity index (χ2n) is 4.07. The number of rotatable bonds is 3. The predicted octanol–water partition coefficient (Wildman–Crippen LogP) is 1.13. The van der Waals surface area contributed by atoms with Crippen molar-refractivity contribution < 1.29 is 19.2 Å². The van der Waals surface area contributed by atoms with E-state index in [1.165, 1.54) is 19.5 Å². The molecule has 1 aliphatic heterocycles. The highest BCUT2D eigenvalue weighted by molar-refractivity contribution is 9.10. The maximum absolute atomic E-state index is 11.5. The molecule has 9 heteroatoms. The summed E-state index contributed by atoms with van der Waals surface area (Å²) in [6, 6.07) is 0. The second-order valence-corrected chi connectivity index (χ2v) is 4.93. The summed E-state index contributed by atoms with van der Waals surface area (Å²) in [5.74, 6) is -0.498. The summed E-state index contributed by atoms with van der Waals surface area (Å²) in [7, 11) is 1.27. The number of methoxy groups -OCH3 is 1. The monoisotopic (exact) mass is 345 g/mol. The summed E-state index contributed by atoms with van der Waals surface area (Å²) in [4.78, 5) is 27.6. The molecule has 1 aromatic rings. The Morgan fingerprint density at radius 1 is 1.65 bits per heavy atom. The van der Waals surface area contributed by atoms with Crippen LogP contribution >= 0.6 is 15.9 Å². The van der Waals surface area contributed by atoms with E-state index in [9.17, 15) is 14.9 Å². The molecule has 8 nitrogen and oxygen atoms in total. The Balaban J connectivity index is 2.31. The summed E-state index contributed by atoms with van der Waals surface area (Å²) < 4.78 is 10.4. The minimum absolute atomic E-state index is 0.120. The van der Waals surface area contributed by atoms with Crippen LogP contribution in [0.5, 0.6) is 0 Å². The Bertz CT molecular complexity index is 539. The van der Waals surface area contributed by atoms with Gasteiger partial charge in [-0.1, -0.05) is 0 Å². The first-order chi connectivity index (χ1) is 9.54. The Morgan fingerprint density at radius 3 is 3.05 bits per heavy atom. The molecule has 0 aliphatic carbocycles. The zero-order valence-corrected chi connectivity index (χ0v) is 12.2. The van der Waals surface area contributed by atoms with E-state index in [-0.39, 0.29) is 18.8 Å². The number of hydrogen-bond donors (Lipinski definition) is 0. The van der Waals surface area contributed by atoms with Crippen LogP contribution in [0.15, 0.2) is 16.9 Å². The third-order valence-corrected chi connectivity index (χ3v) is 3.48. The average molecular weight is 346 g/mol. The first-order valence-electron chi connectivity index (χ1n) is 5.77. The molecule has 0 spiro atoms. The van der Waals surface area contributed by atoms with Crippen LogP contribution in [-0.2, 0) is 14.3 Å². The van der Waals surface area contributed by atoms with Gasteiger partial charge in [0.1, 0.15) is 11.9 Å². The first kappa shape index (κ1) is 14.7. The highest BCUT2D eigenvalue weighted by Gasteiger charge is 2.32. The second kappa shape index (κ2) is 6.14. The van der Waals surface area contributed by atoms with Gasteiger partial charge in [-0.3, -0.25) is 15.1 Å². The lowest BCUT2D eigenvalue weighted by Crippen LogP contribution is -2.46. The van der Waals surface area contributed by atoms with Crippen molar-refractivity contribution in [1.82, 2.24) is 4.98 Å². The van der Waals surface area contributed by atoms with Crippen LogP contribution in [0.4, 0.5) is 11.4 Å². The normalized spacial score (nSPS) is 18.7. The van der Waals surface area contributed by atoms with Crippen LogP contribution in [-0.4, -0.2) is 48.8 Å². The van der Waals surface area contributed by atoms with E-state index >= 15 is 0 Å². The SMILES string of the molecule is COC(=O)C1CN(c2c(Br)cncc2[N+](=O)[O-])CCO1. The molecule has 0 radical (unpaired) electrons. The molecular formula is C11H12BrN3O5. The van der Waals surface area contributed by atoms with Crippen LogP contribution in [0.3, 0.4) is 0 Å². The lowest BCUT2D eigenvalue weighted by molar-refractivity contribution is -0.384. The molecule has 1 unspecified atom stereocenters. The lowest BCUT2D eigenvalue weighted by atomic mass is 10.2. The number of carbonyl (C=O) groups excluding carboxylic acids is 1. The zero-order chi connectivity index (χ0) is 14.7. The Kier molecular flexibility index (Phi) is 4.50. The van der Waals surface area contributed by atoms with Crippen molar-refractivity contribution in [2.24, 2.45) is 0 Å². The molecular weight excluding hydrogens is 334 g/mol. The first-order valence-corrected chi connectivity index (χ1v) is 6.56. The topological polar surface area (TPSA) is 94.8 Å². The molecule has 2 rings (SSSR count). The summed E-state index contributed by atoms with van der Waals surface area (Å²) in [5.41, 5.74) is 0.270. The van der Waals surface area contributed by atoms with E-state index in [1.54, 1.807) is 4.90 Å². The molecule has 1 aliphatic rings. The Labute approximate surface area is 123 Å². The summed E-state index contributed by atoms with van der Waals surface area (Å²) in [6.45, 7) is 0.915. The quantitative estimate of drug-likeness (QED) is 0.460. The van der Waals surface area contributed by atoms with Gasteiger partial charge in [-0.05, 0) is 15.9 Å². The summed E-state index contributed by atoms with van der Waals surface area (Å²) >= 11 is 3.26. The van der Waals surface area contributed by atoms with E-state index in [4.69, 9.17) is 4.74 Å². The minimum Gasteiger partial charge on any atom is -0.467 e. The van der Waals surface area contributed by atoms with Crippen molar-refractivity contribution in [1.29, 1.82) is 0 Å². The Morgan fingerprint density at radius 2 is 2.40 bits per heavy atom. The number of pyridine rings is 1. The van der Waals surface area contributed by atoms with Crippen molar-refractivity contribution in [2.45, 2.75) is 6.10 Å². The minimum atomic E-state index is -0.756. The molecule has 2 heterocycles. The number of halogens is 1. The van der Waals surface area contributed by atoms with Crippen molar-refractivity contribution in [3.05, 3.63) is 27.0 Å². The van der Waals surface area contributed by atoms with Crippen LogP contribution in [0.25, 0.3) is 0 Å². The number of ether oxygens (including phenoxy) is 2. The molecule has 0 N–H and O–H groups in total. The largest absolute Gasteiger partial charge is 0.467 e. The fourth-order valence-corrected chi connectivity index (χ4v) is 2.56. The molecule has 108 valence electrons. The number of carbonyl (C=O) groups is 1. The van der Waals surface area contributed by atoms with Crippen LogP contribution < -0.4 is 4.90 Å². The third kappa shape index (κ3) is 2.88. The van der Waals surface area contributed by atoms with Crippen LogP contribution in [0, 0.1) is 10.1 Å². The lowest BCUT2D eigenvalue weighted by Gasteiger charge is -2.33. The maximum atomic E-state index is 11.5. The van der Waals surface area contributed by atoms with Gasteiger partial charge in [0.05, 0.1) is 29.7 Å². The van der Waals surface area contributed by atoms with Gasteiger partial charge in [-0.15, -0.1) is 0 Å². The molecule has 1 atom stereocenters. The number of aromatic nitrogens is 1. The van der Waals surface area contributed by atoms with E-state index in [0.29, 0.717) is 16.7 Å². The van der Waals surface area contributed by atoms with Gasteiger partial charge in [-0.25, -0.2) is 4.79 Å². The van der Waals surface area contributed by atoms with Crippen LogP contribution in [0.1, 0.15) is 0 Å². The molecule has 0 amide bonds.